The van der Waals surface area contributed by atoms with E-state index in [4.69, 9.17) is 18.0 Å². The van der Waals surface area contributed by atoms with Gasteiger partial charge in [-0.1, -0.05) is 6.08 Å². The largest absolute Gasteiger partial charge is 0.376 e. The smallest absolute Gasteiger partial charge is 0.176 e. The van der Waals surface area contributed by atoms with Crippen LogP contribution in [-0.4, -0.2) is 19.6 Å². The molecule has 2 rings (SSSR count). The summed E-state index contributed by atoms with van der Waals surface area (Å²) in [6, 6.07) is 1.84. The van der Waals surface area contributed by atoms with Gasteiger partial charge < -0.3 is 5.73 Å². The van der Waals surface area contributed by atoms with Gasteiger partial charge in [-0.05, 0) is 18.3 Å². The Morgan fingerprint density at radius 1 is 1.67 bits per heavy atom. The van der Waals surface area contributed by atoms with Gasteiger partial charge in [0.15, 0.2) is 10.8 Å². The molecule has 2 heterocycles. The molecule has 2 aromatic heterocycles. The Labute approximate surface area is 92.4 Å². The van der Waals surface area contributed by atoms with Crippen LogP contribution in [0.4, 0.5) is 0 Å². The van der Waals surface area contributed by atoms with Gasteiger partial charge in [0, 0.05) is 12.6 Å². The van der Waals surface area contributed by atoms with Gasteiger partial charge in [0.25, 0.3) is 0 Å². The molecule has 0 bridgehead atoms. The molecule has 0 aromatic carbocycles. The first-order valence-corrected chi connectivity index (χ1v) is 4.87. The summed E-state index contributed by atoms with van der Waals surface area (Å²) in [5.74, 6) is 0. The Balaban J connectivity index is 2.56. The Bertz CT molecular complexity index is 529. The molecule has 0 atom stereocenters. The lowest BCUT2D eigenvalue weighted by atomic mass is 10.3. The van der Waals surface area contributed by atoms with Gasteiger partial charge in [0.1, 0.15) is 5.52 Å². The van der Waals surface area contributed by atoms with E-state index in [-0.39, 0.29) is 5.11 Å². The van der Waals surface area contributed by atoms with Crippen LogP contribution in [0.2, 0.25) is 0 Å². The highest BCUT2D eigenvalue weighted by Gasteiger charge is 2.05. The van der Waals surface area contributed by atoms with Crippen molar-refractivity contribution >= 4 is 28.5 Å². The van der Waals surface area contributed by atoms with Crippen molar-refractivity contribution < 1.29 is 0 Å². The van der Waals surface area contributed by atoms with Gasteiger partial charge in [-0.3, -0.25) is 4.57 Å². The fraction of sp³-hybridized carbons (Fsp3) is 0.100. The summed E-state index contributed by atoms with van der Waals surface area (Å²) in [4.78, 5) is 8.66. The molecular formula is C10H10N4S. The van der Waals surface area contributed by atoms with Crippen molar-refractivity contribution in [3.8, 4) is 0 Å². The number of thiocarbonyl (C=S) groups is 1. The standard InChI is InChI=1S/C10H10N4S/c1-2-3-7-6-12-9-8(13-7)4-5-14(9)10(11)15/h2,4-6H,1,3H2,(H2,11,15). The predicted molar refractivity (Wildman–Crippen MR) is 63.6 cm³/mol. The summed E-state index contributed by atoms with van der Waals surface area (Å²) in [6.07, 6.45) is 5.98. The van der Waals surface area contributed by atoms with Crippen molar-refractivity contribution in [1.82, 2.24) is 14.5 Å². The first kappa shape index (κ1) is 9.79. The first-order chi connectivity index (χ1) is 7.22. The highest BCUT2D eigenvalue weighted by Crippen LogP contribution is 2.11. The van der Waals surface area contributed by atoms with Gasteiger partial charge in [0.05, 0.1) is 11.9 Å². The molecule has 0 amide bonds. The molecule has 2 aromatic rings. The van der Waals surface area contributed by atoms with Gasteiger partial charge in [-0.25, -0.2) is 9.97 Å². The number of aromatic nitrogens is 3. The Morgan fingerprint density at radius 3 is 3.13 bits per heavy atom. The van der Waals surface area contributed by atoms with Crippen LogP contribution in [0.25, 0.3) is 11.2 Å². The average Bonchev–Trinajstić information content (AvgIpc) is 2.61. The van der Waals surface area contributed by atoms with Crippen LogP contribution < -0.4 is 5.73 Å². The summed E-state index contributed by atoms with van der Waals surface area (Å²) in [6.45, 7) is 3.66. The molecule has 0 aliphatic rings. The van der Waals surface area contributed by atoms with Crippen molar-refractivity contribution in [1.29, 1.82) is 0 Å². The fourth-order valence-electron chi connectivity index (χ4n) is 1.37. The second kappa shape index (κ2) is 3.78. The van der Waals surface area contributed by atoms with E-state index in [0.29, 0.717) is 12.1 Å². The van der Waals surface area contributed by atoms with E-state index < -0.39 is 0 Å². The predicted octanol–water partition coefficient (Wildman–Crippen LogP) is 1.25. The van der Waals surface area contributed by atoms with Crippen molar-refractivity contribution in [3.05, 3.63) is 36.8 Å². The SMILES string of the molecule is C=CCc1cnc2c(ccn2C(N)=S)n1. The van der Waals surface area contributed by atoms with Crippen LogP contribution in [-0.2, 0) is 6.42 Å². The van der Waals surface area contributed by atoms with E-state index in [2.05, 4.69) is 16.5 Å². The van der Waals surface area contributed by atoms with Crippen LogP contribution in [0.1, 0.15) is 5.69 Å². The Kier molecular flexibility index (Phi) is 2.47. The topological polar surface area (TPSA) is 56.7 Å². The lowest BCUT2D eigenvalue weighted by Gasteiger charge is -2.00. The maximum atomic E-state index is 5.53. The number of nitrogens with two attached hydrogens (primary N) is 1. The maximum Gasteiger partial charge on any atom is 0.176 e. The molecule has 15 heavy (non-hydrogen) atoms. The summed E-state index contributed by atoms with van der Waals surface area (Å²) in [7, 11) is 0. The minimum atomic E-state index is 0.274. The molecule has 5 heteroatoms. The monoisotopic (exact) mass is 218 g/mol. The Morgan fingerprint density at radius 2 is 2.47 bits per heavy atom. The van der Waals surface area contributed by atoms with Crippen molar-refractivity contribution in [2.45, 2.75) is 6.42 Å². The van der Waals surface area contributed by atoms with Gasteiger partial charge >= 0.3 is 0 Å². The third-order valence-corrected chi connectivity index (χ3v) is 2.23. The van der Waals surface area contributed by atoms with Crippen LogP contribution in [0.5, 0.6) is 0 Å². The molecule has 4 nitrogen and oxygen atoms in total. The maximum absolute atomic E-state index is 5.53. The first-order valence-electron chi connectivity index (χ1n) is 4.46. The summed E-state index contributed by atoms with van der Waals surface area (Å²) in [5, 5.41) is 0.274. The van der Waals surface area contributed by atoms with Crippen LogP contribution in [0, 0.1) is 0 Å². The normalized spacial score (nSPS) is 10.4. The second-order valence-corrected chi connectivity index (χ2v) is 3.51. The van der Waals surface area contributed by atoms with Crippen LogP contribution >= 0.6 is 12.2 Å². The quantitative estimate of drug-likeness (QED) is 0.609. The third-order valence-electron chi connectivity index (χ3n) is 2.03. The minimum Gasteiger partial charge on any atom is -0.376 e. The summed E-state index contributed by atoms with van der Waals surface area (Å²) in [5.41, 5.74) is 7.90. The lowest BCUT2D eigenvalue weighted by molar-refractivity contribution is 1.08. The summed E-state index contributed by atoms with van der Waals surface area (Å²) < 4.78 is 1.63. The van der Waals surface area contributed by atoms with E-state index in [1.54, 1.807) is 23.0 Å². The summed E-state index contributed by atoms with van der Waals surface area (Å²) >= 11 is 4.88. The molecule has 0 spiro atoms. The molecule has 76 valence electrons. The highest BCUT2D eigenvalue weighted by atomic mass is 32.1. The van der Waals surface area contributed by atoms with Crippen LogP contribution in [0.15, 0.2) is 31.1 Å². The van der Waals surface area contributed by atoms with Crippen molar-refractivity contribution in [3.63, 3.8) is 0 Å². The van der Waals surface area contributed by atoms with Crippen molar-refractivity contribution in [2.24, 2.45) is 5.73 Å². The molecule has 0 saturated heterocycles. The minimum absolute atomic E-state index is 0.274. The zero-order valence-corrected chi connectivity index (χ0v) is 8.87. The molecule has 2 N–H and O–H groups in total. The molecule has 0 aliphatic carbocycles. The van der Waals surface area contributed by atoms with E-state index in [9.17, 15) is 0 Å². The van der Waals surface area contributed by atoms with E-state index in [1.807, 2.05) is 6.07 Å². The Hall–Kier alpha value is -1.75. The zero-order valence-electron chi connectivity index (χ0n) is 8.05. The molecule has 0 unspecified atom stereocenters. The number of hydrogen-bond donors (Lipinski definition) is 1. The number of fused-ring (bicyclic) bond motifs is 1. The third kappa shape index (κ3) is 1.73. The molecule has 0 fully saturated rings. The van der Waals surface area contributed by atoms with E-state index in [1.165, 1.54) is 0 Å². The molecule has 0 aliphatic heterocycles. The molecule has 0 radical (unpaired) electrons. The number of allylic oxidation sites excluding steroid dienone is 1. The average molecular weight is 218 g/mol. The van der Waals surface area contributed by atoms with E-state index in [0.717, 1.165) is 11.2 Å². The fourth-order valence-corrected chi connectivity index (χ4v) is 1.52. The van der Waals surface area contributed by atoms with E-state index >= 15 is 0 Å². The zero-order chi connectivity index (χ0) is 10.8. The molecular weight excluding hydrogens is 208 g/mol. The number of rotatable bonds is 2. The highest BCUT2D eigenvalue weighted by molar-refractivity contribution is 7.80. The number of nitrogens with zero attached hydrogens (tertiary/aromatic N) is 3. The van der Waals surface area contributed by atoms with Gasteiger partial charge in [-0.15, -0.1) is 6.58 Å². The van der Waals surface area contributed by atoms with Crippen LogP contribution in [0.3, 0.4) is 0 Å². The van der Waals surface area contributed by atoms with Gasteiger partial charge in [-0.2, -0.15) is 0 Å². The second-order valence-electron chi connectivity index (χ2n) is 3.09. The lowest BCUT2D eigenvalue weighted by Crippen LogP contribution is -2.18. The van der Waals surface area contributed by atoms with Crippen molar-refractivity contribution in [2.75, 3.05) is 0 Å². The van der Waals surface area contributed by atoms with Gasteiger partial charge in [0.2, 0.25) is 0 Å². The molecule has 0 saturated carbocycles. The number of hydrogen-bond acceptors (Lipinski definition) is 3.